The zero-order valence-electron chi connectivity index (χ0n) is 10.9. The molecule has 0 saturated carbocycles. The van der Waals surface area contributed by atoms with E-state index in [0.29, 0.717) is 13.1 Å². The van der Waals surface area contributed by atoms with Crippen molar-refractivity contribution in [3.8, 4) is 12.3 Å². The van der Waals surface area contributed by atoms with Gasteiger partial charge >= 0.3 is 0 Å². The van der Waals surface area contributed by atoms with E-state index in [-0.39, 0.29) is 24.0 Å². The first-order chi connectivity index (χ1) is 8.17. The standard InChI is InChI=1S/C12H18N4S.HI/c1-5-7-14-12(13-6-2)15-8-11-16-9(3)10(4)17-11;/h1H,6-8H2,2-4H3,(H2,13,14,15);1H. The number of terminal acetylenes is 1. The number of aliphatic imine (C=N–C) groups is 1. The van der Waals surface area contributed by atoms with Gasteiger partial charge in [0.15, 0.2) is 5.96 Å². The van der Waals surface area contributed by atoms with Crippen molar-refractivity contribution < 1.29 is 0 Å². The molecule has 4 nitrogen and oxygen atoms in total. The predicted octanol–water partition coefficient (Wildman–Crippen LogP) is 2.07. The van der Waals surface area contributed by atoms with E-state index >= 15 is 0 Å². The SMILES string of the molecule is C#CCNC(=NCc1nc(C)c(C)s1)NCC.I. The topological polar surface area (TPSA) is 49.3 Å². The summed E-state index contributed by atoms with van der Waals surface area (Å²) in [6.07, 6.45) is 5.20. The molecule has 100 valence electrons. The molecule has 1 aromatic rings. The Morgan fingerprint density at radius 3 is 2.67 bits per heavy atom. The number of rotatable bonds is 4. The highest BCUT2D eigenvalue weighted by Crippen LogP contribution is 2.16. The van der Waals surface area contributed by atoms with Gasteiger partial charge in [-0.2, -0.15) is 0 Å². The van der Waals surface area contributed by atoms with Crippen LogP contribution in [0.5, 0.6) is 0 Å². The lowest BCUT2D eigenvalue weighted by Crippen LogP contribution is -2.37. The van der Waals surface area contributed by atoms with Crippen LogP contribution in [0.1, 0.15) is 22.5 Å². The summed E-state index contributed by atoms with van der Waals surface area (Å²) in [4.78, 5) is 10.1. The van der Waals surface area contributed by atoms with Gasteiger partial charge in [-0.25, -0.2) is 9.98 Å². The summed E-state index contributed by atoms with van der Waals surface area (Å²) in [6.45, 7) is 7.97. The van der Waals surface area contributed by atoms with Crippen molar-refractivity contribution in [3.63, 3.8) is 0 Å². The molecule has 1 rings (SSSR count). The molecule has 0 aromatic carbocycles. The van der Waals surface area contributed by atoms with Crippen molar-refractivity contribution in [2.24, 2.45) is 4.99 Å². The summed E-state index contributed by atoms with van der Waals surface area (Å²) in [5.41, 5.74) is 1.08. The lowest BCUT2D eigenvalue weighted by Gasteiger charge is -2.07. The monoisotopic (exact) mass is 378 g/mol. The van der Waals surface area contributed by atoms with Crippen molar-refractivity contribution >= 4 is 41.3 Å². The van der Waals surface area contributed by atoms with Crippen molar-refractivity contribution in [2.75, 3.05) is 13.1 Å². The van der Waals surface area contributed by atoms with Crippen LogP contribution < -0.4 is 10.6 Å². The fourth-order valence-corrected chi connectivity index (χ4v) is 2.09. The van der Waals surface area contributed by atoms with E-state index < -0.39 is 0 Å². The Morgan fingerprint density at radius 1 is 1.44 bits per heavy atom. The molecule has 0 aliphatic heterocycles. The van der Waals surface area contributed by atoms with Gasteiger partial charge in [0.25, 0.3) is 0 Å². The molecule has 6 heteroatoms. The second kappa shape index (κ2) is 9.16. The molecule has 0 aliphatic carbocycles. The Bertz CT molecular complexity index is 414. The summed E-state index contributed by atoms with van der Waals surface area (Å²) in [7, 11) is 0. The van der Waals surface area contributed by atoms with Gasteiger partial charge in [0, 0.05) is 11.4 Å². The van der Waals surface area contributed by atoms with E-state index in [1.165, 1.54) is 4.88 Å². The maximum absolute atomic E-state index is 5.20. The smallest absolute Gasteiger partial charge is 0.192 e. The van der Waals surface area contributed by atoms with Crippen LogP contribution in [0.3, 0.4) is 0 Å². The lowest BCUT2D eigenvalue weighted by molar-refractivity contribution is 0.862. The molecule has 0 radical (unpaired) electrons. The summed E-state index contributed by atoms with van der Waals surface area (Å²) < 4.78 is 0. The van der Waals surface area contributed by atoms with Gasteiger partial charge in [-0.1, -0.05) is 5.92 Å². The molecule has 0 amide bonds. The number of halogens is 1. The first-order valence-corrected chi connectivity index (χ1v) is 6.37. The molecule has 0 saturated heterocycles. The second-order valence-electron chi connectivity index (χ2n) is 3.50. The average Bonchev–Trinajstić information content (AvgIpc) is 2.62. The molecule has 0 bridgehead atoms. The van der Waals surface area contributed by atoms with E-state index in [1.807, 2.05) is 13.8 Å². The highest BCUT2D eigenvalue weighted by atomic mass is 127. The van der Waals surface area contributed by atoms with Gasteiger partial charge in [-0.3, -0.25) is 0 Å². The minimum Gasteiger partial charge on any atom is -0.357 e. The predicted molar refractivity (Wildman–Crippen MR) is 88.7 cm³/mol. The summed E-state index contributed by atoms with van der Waals surface area (Å²) >= 11 is 1.68. The molecule has 0 fully saturated rings. The van der Waals surface area contributed by atoms with Crippen LogP contribution in [0.4, 0.5) is 0 Å². The van der Waals surface area contributed by atoms with E-state index in [2.05, 4.69) is 33.5 Å². The molecule has 1 aromatic heterocycles. The Kier molecular flexibility index (Phi) is 8.75. The molecule has 0 aliphatic rings. The number of thiazole rings is 1. The Hall–Kier alpha value is -0.810. The van der Waals surface area contributed by atoms with Crippen LogP contribution in [0.15, 0.2) is 4.99 Å². The van der Waals surface area contributed by atoms with E-state index in [1.54, 1.807) is 11.3 Å². The third-order valence-corrected chi connectivity index (χ3v) is 3.20. The third kappa shape index (κ3) is 5.69. The molecule has 18 heavy (non-hydrogen) atoms. The Labute approximate surface area is 130 Å². The Morgan fingerprint density at radius 2 is 2.17 bits per heavy atom. The number of hydrogen-bond donors (Lipinski definition) is 2. The molecule has 0 atom stereocenters. The molecular formula is C12H19IN4S. The van der Waals surface area contributed by atoms with Crippen molar-refractivity contribution in [3.05, 3.63) is 15.6 Å². The number of aromatic nitrogens is 1. The van der Waals surface area contributed by atoms with Crippen molar-refractivity contribution in [1.29, 1.82) is 0 Å². The minimum atomic E-state index is 0. The number of nitrogens with zero attached hydrogens (tertiary/aromatic N) is 2. The van der Waals surface area contributed by atoms with Crippen molar-refractivity contribution in [1.82, 2.24) is 15.6 Å². The van der Waals surface area contributed by atoms with E-state index in [9.17, 15) is 0 Å². The van der Waals surface area contributed by atoms with Crippen LogP contribution in [0.2, 0.25) is 0 Å². The van der Waals surface area contributed by atoms with Gasteiger partial charge in [-0.05, 0) is 20.8 Å². The zero-order valence-corrected chi connectivity index (χ0v) is 14.1. The Balaban J connectivity index is 0.00000289. The maximum Gasteiger partial charge on any atom is 0.192 e. The highest BCUT2D eigenvalue weighted by Gasteiger charge is 2.03. The fourth-order valence-electron chi connectivity index (χ4n) is 1.23. The first kappa shape index (κ1) is 17.2. The number of guanidine groups is 1. The number of nitrogens with one attached hydrogen (secondary N) is 2. The fraction of sp³-hybridized carbons (Fsp3) is 0.500. The molecule has 0 spiro atoms. The minimum absolute atomic E-state index is 0. The molecular weight excluding hydrogens is 359 g/mol. The highest BCUT2D eigenvalue weighted by molar-refractivity contribution is 14.0. The summed E-state index contributed by atoms with van der Waals surface area (Å²) in [6, 6.07) is 0. The first-order valence-electron chi connectivity index (χ1n) is 5.56. The van der Waals surface area contributed by atoms with Gasteiger partial charge in [0.05, 0.1) is 18.8 Å². The zero-order chi connectivity index (χ0) is 12.7. The summed E-state index contributed by atoms with van der Waals surface area (Å²) in [5.74, 6) is 3.26. The molecule has 0 unspecified atom stereocenters. The van der Waals surface area contributed by atoms with Gasteiger partial charge in [0.2, 0.25) is 0 Å². The largest absolute Gasteiger partial charge is 0.357 e. The van der Waals surface area contributed by atoms with Gasteiger partial charge < -0.3 is 10.6 Å². The van der Waals surface area contributed by atoms with Crippen LogP contribution >= 0.6 is 35.3 Å². The lowest BCUT2D eigenvalue weighted by atomic mass is 10.4. The van der Waals surface area contributed by atoms with Crippen molar-refractivity contribution in [2.45, 2.75) is 27.3 Å². The van der Waals surface area contributed by atoms with E-state index in [0.717, 1.165) is 23.2 Å². The summed E-state index contributed by atoms with van der Waals surface area (Å²) in [5, 5.41) is 7.20. The van der Waals surface area contributed by atoms with Crippen LogP contribution in [-0.2, 0) is 6.54 Å². The van der Waals surface area contributed by atoms with Crippen LogP contribution in [0, 0.1) is 26.2 Å². The van der Waals surface area contributed by atoms with Gasteiger partial charge in [0.1, 0.15) is 5.01 Å². The molecule has 1 heterocycles. The number of hydrogen-bond acceptors (Lipinski definition) is 3. The third-order valence-electron chi connectivity index (χ3n) is 2.15. The number of aryl methyl sites for hydroxylation is 2. The van der Waals surface area contributed by atoms with Crippen LogP contribution in [0.25, 0.3) is 0 Å². The quantitative estimate of drug-likeness (QED) is 0.365. The van der Waals surface area contributed by atoms with Gasteiger partial charge in [-0.15, -0.1) is 41.7 Å². The normalized spacial score (nSPS) is 10.4. The molecule has 2 N–H and O–H groups in total. The average molecular weight is 378 g/mol. The second-order valence-corrected chi connectivity index (χ2v) is 4.79. The maximum atomic E-state index is 5.20. The van der Waals surface area contributed by atoms with E-state index in [4.69, 9.17) is 6.42 Å². The van der Waals surface area contributed by atoms with Crippen LogP contribution in [-0.4, -0.2) is 24.0 Å².